The lowest BCUT2D eigenvalue weighted by Gasteiger charge is -2.10. The first-order chi connectivity index (χ1) is 7.93. The number of rotatable bonds is 4. The Morgan fingerprint density at radius 2 is 2.06 bits per heavy atom. The van der Waals surface area contributed by atoms with Gasteiger partial charge in [0.1, 0.15) is 5.69 Å². The maximum atomic E-state index is 11.7. The van der Waals surface area contributed by atoms with E-state index in [0.29, 0.717) is 24.1 Å². The predicted molar refractivity (Wildman–Crippen MR) is 65.4 cm³/mol. The Bertz CT molecular complexity index is 483. The fraction of sp³-hybridized carbons (Fsp3) is 0.385. The van der Waals surface area contributed by atoms with Gasteiger partial charge in [-0.25, -0.2) is 4.79 Å². The van der Waals surface area contributed by atoms with Gasteiger partial charge in [0, 0.05) is 12.2 Å². The summed E-state index contributed by atoms with van der Waals surface area (Å²) in [6.45, 7) is 9.89. The smallest absolute Gasteiger partial charge is 0.355 e. The van der Waals surface area contributed by atoms with E-state index in [1.54, 1.807) is 4.57 Å². The van der Waals surface area contributed by atoms with Crippen molar-refractivity contribution in [2.75, 3.05) is 7.11 Å². The molecule has 0 aliphatic carbocycles. The maximum Gasteiger partial charge on any atom is 0.355 e. The van der Waals surface area contributed by atoms with Crippen LogP contribution in [-0.4, -0.2) is 23.9 Å². The number of allylic oxidation sites excluding steroid dienone is 1. The lowest BCUT2D eigenvalue weighted by Crippen LogP contribution is -2.14. The normalized spacial score (nSPS) is 10.1. The lowest BCUT2D eigenvalue weighted by atomic mass is 10.1. The molecular formula is C13H17NO3. The van der Waals surface area contributed by atoms with Gasteiger partial charge in [-0.2, -0.15) is 0 Å². The van der Waals surface area contributed by atoms with Crippen LogP contribution in [0.4, 0.5) is 0 Å². The van der Waals surface area contributed by atoms with E-state index in [0.717, 1.165) is 16.8 Å². The minimum Gasteiger partial charge on any atom is -0.464 e. The molecule has 0 aromatic carbocycles. The van der Waals surface area contributed by atoms with Crippen molar-refractivity contribution in [3.05, 3.63) is 34.7 Å². The molecule has 0 spiro atoms. The molecular weight excluding hydrogens is 218 g/mol. The van der Waals surface area contributed by atoms with Crippen LogP contribution in [0.5, 0.6) is 0 Å². The first-order valence-corrected chi connectivity index (χ1v) is 5.31. The van der Waals surface area contributed by atoms with E-state index in [2.05, 4.69) is 6.58 Å². The van der Waals surface area contributed by atoms with E-state index in [1.807, 2.05) is 20.8 Å². The fourth-order valence-corrected chi connectivity index (χ4v) is 1.82. The van der Waals surface area contributed by atoms with Crippen molar-refractivity contribution in [2.45, 2.75) is 27.3 Å². The largest absolute Gasteiger partial charge is 0.464 e. The zero-order valence-corrected chi connectivity index (χ0v) is 10.7. The van der Waals surface area contributed by atoms with Gasteiger partial charge in [0.25, 0.3) is 0 Å². The highest BCUT2D eigenvalue weighted by atomic mass is 16.5. The van der Waals surface area contributed by atoms with Crippen LogP contribution in [0.2, 0.25) is 0 Å². The molecule has 0 aliphatic heterocycles. The average molecular weight is 235 g/mol. The van der Waals surface area contributed by atoms with Gasteiger partial charge in [-0.1, -0.05) is 12.2 Å². The number of ether oxygens (including phenoxy) is 1. The summed E-state index contributed by atoms with van der Waals surface area (Å²) in [6.07, 6.45) is 0.698. The number of aromatic nitrogens is 1. The third kappa shape index (κ3) is 2.30. The Balaban J connectivity index is 3.50. The minimum absolute atomic E-state index is 0.306. The van der Waals surface area contributed by atoms with Gasteiger partial charge >= 0.3 is 5.97 Å². The third-order valence-electron chi connectivity index (χ3n) is 2.80. The Morgan fingerprint density at radius 1 is 1.47 bits per heavy atom. The predicted octanol–water partition coefficient (Wildman–Crippen LogP) is 2.28. The molecule has 0 unspecified atom stereocenters. The fourth-order valence-electron chi connectivity index (χ4n) is 1.82. The van der Waals surface area contributed by atoms with E-state index in [9.17, 15) is 9.59 Å². The number of carbonyl (C=O) groups is 2. The molecule has 0 bridgehead atoms. The highest BCUT2D eigenvalue weighted by Crippen LogP contribution is 2.22. The molecule has 17 heavy (non-hydrogen) atoms. The van der Waals surface area contributed by atoms with Crippen LogP contribution >= 0.6 is 0 Å². The van der Waals surface area contributed by atoms with Crippen LogP contribution < -0.4 is 0 Å². The number of hydrogen-bond donors (Lipinski definition) is 0. The molecule has 0 radical (unpaired) electrons. The number of nitrogens with zero attached hydrogens (tertiary/aromatic N) is 1. The van der Waals surface area contributed by atoms with Crippen LogP contribution in [0.3, 0.4) is 0 Å². The second-order valence-corrected chi connectivity index (χ2v) is 4.13. The summed E-state index contributed by atoms with van der Waals surface area (Å²) in [5, 5.41) is 0. The highest BCUT2D eigenvalue weighted by molar-refractivity contribution is 5.98. The third-order valence-corrected chi connectivity index (χ3v) is 2.80. The summed E-state index contributed by atoms with van der Waals surface area (Å²) in [4.78, 5) is 22.8. The zero-order chi connectivity index (χ0) is 13.2. The van der Waals surface area contributed by atoms with Gasteiger partial charge in [-0.05, 0) is 26.3 Å². The number of methoxy groups -OCH3 is 1. The summed E-state index contributed by atoms with van der Waals surface area (Å²) < 4.78 is 6.49. The zero-order valence-electron chi connectivity index (χ0n) is 10.7. The number of esters is 1. The van der Waals surface area contributed by atoms with Crippen molar-refractivity contribution in [3.8, 4) is 0 Å². The maximum absolute atomic E-state index is 11.7. The van der Waals surface area contributed by atoms with E-state index >= 15 is 0 Å². The molecule has 4 heteroatoms. The van der Waals surface area contributed by atoms with Gasteiger partial charge in [0.05, 0.1) is 12.7 Å². The van der Waals surface area contributed by atoms with Crippen molar-refractivity contribution in [2.24, 2.45) is 0 Å². The van der Waals surface area contributed by atoms with Crippen LogP contribution in [0.15, 0.2) is 12.2 Å². The molecule has 0 N–H and O–H groups in total. The van der Waals surface area contributed by atoms with Crippen LogP contribution in [0.1, 0.15) is 39.0 Å². The van der Waals surface area contributed by atoms with Gasteiger partial charge < -0.3 is 9.30 Å². The molecule has 0 aliphatic rings. The summed E-state index contributed by atoms with van der Waals surface area (Å²) in [5.74, 6) is -0.496. The average Bonchev–Trinajstić information content (AvgIpc) is 2.51. The lowest BCUT2D eigenvalue weighted by molar-refractivity contribution is 0.0586. The molecule has 0 saturated carbocycles. The number of carbonyl (C=O) groups excluding carboxylic acids is 2. The van der Waals surface area contributed by atoms with E-state index in [-0.39, 0.29) is 0 Å². The van der Waals surface area contributed by atoms with Crippen molar-refractivity contribution in [1.82, 2.24) is 4.57 Å². The molecule has 4 nitrogen and oxygen atoms in total. The van der Waals surface area contributed by atoms with Gasteiger partial charge in [0.2, 0.25) is 0 Å². The molecule has 1 aromatic rings. The first kappa shape index (κ1) is 13.2. The summed E-state index contributed by atoms with van der Waals surface area (Å²) in [7, 11) is 1.31. The van der Waals surface area contributed by atoms with Crippen molar-refractivity contribution in [3.63, 3.8) is 0 Å². The highest BCUT2D eigenvalue weighted by Gasteiger charge is 2.23. The molecule has 0 amide bonds. The Morgan fingerprint density at radius 3 is 2.47 bits per heavy atom. The molecule has 1 rings (SSSR count). The minimum atomic E-state index is -0.496. The standard InChI is InChI=1S/C13H17NO3/c1-8(2)6-14-10(4)9(3)11(7-15)12(14)13(16)17-5/h7H,1,6H2,2-5H3. The van der Waals surface area contributed by atoms with Crippen LogP contribution in [-0.2, 0) is 11.3 Å². The molecule has 0 atom stereocenters. The summed E-state index contributed by atoms with van der Waals surface area (Å²) >= 11 is 0. The van der Waals surface area contributed by atoms with E-state index < -0.39 is 5.97 Å². The van der Waals surface area contributed by atoms with Gasteiger partial charge in [-0.15, -0.1) is 0 Å². The first-order valence-electron chi connectivity index (χ1n) is 5.31. The second-order valence-electron chi connectivity index (χ2n) is 4.13. The summed E-state index contributed by atoms with van der Waals surface area (Å²) in [6, 6.07) is 0. The van der Waals surface area contributed by atoms with Crippen LogP contribution in [0.25, 0.3) is 0 Å². The van der Waals surface area contributed by atoms with Crippen LogP contribution in [0, 0.1) is 13.8 Å². The molecule has 92 valence electrons. The second kappa shape index (κ2) is 4.99. The summed E-state index contributed by atoms with van der Waals surface area (Å²) in [5.41, 5.74) is 3.30. The Kier molecular flexibility index (Phi) is 3.89. The topological polar surface area (TPSA) is 48.3 Å². The number of aldehydes is 1. The van der Waals surface area contributed by atoms with Crippen molar-refractivity contribution in [1.29, 1.82) is 0 Å². The van der Waals surface area contributed by atoms with E-state index in [4.69, 9.17) is 4.74 Å². The number of hydrogen-bond acceptors (Lipinski definition) is 3. The molecule has 1 heterocycles. The monoisotopic (exact) mass is 235 g/mol. The van der Waals surface area contributed by atoms with E-state index in [1.165, 1.54) is 7.11 Å². The molecule has 1 aromatic heterocycles. The molecule has 0 saturated heterocycles. The Labute approximate surface area is 101 Å². The van der Waals surface area contributed by atoms with Crippen molar-refractivity contribution < 1.29 is 14.3 Å². The van der Waals surface area contributed by atoms with Gasteiger partial charge in [-0.3, -0.25) is 4.79 Å². The quantitative estimate of drug-likeness (QED) is 0.457. The van der Waals surface area contributed by atoms with Gasteiger partial charge in [0.15, 0.2) is 6.29 Å². The molecule has 0 fully saturated rings. The SMILES string of the molecule is C=C(C)Cn1c(C)c(C)c(C=O)c1C(=O)OC. The van der Waals surface area contributed by atoms with Crippen molar-refractivity contribution >= 4 is 12.3 Å². The Hall–Kier alpha value is -1.84.